The first-order chi connectivity index (χ1) is 13.2. The summed E-state index contributed by atoms with van der Waals surface area (Å²) in [5, 5.41) is 0. The molecular weight excluding hydrogens is 344 g/mol. The molecule has 2 atom stereocenters. The molecule has 2 aromatic rings. The normalized spacial score (nSPS) is 23.4. The van der Waals surface area contributed by atoms with Gasteiger partial charge in [0.05, 0.1) is 0 Å². The molecule has 0 fully saturated rings. The predicted molar refractivity (Wildman–Crippen MR) is 98.1 cm³/mol. The lowest BCUT2D eigenvalue weighted by Gasteiger charge is -2.33. The highest BCUT2D eigenvalue weighted by atomic mass is 16.6. The summed E-state index contributed by atoms with van der Waals surface area (Å²) in [5.74, 6) is 1.23. The van der Waals surface area contributed by atoms with Crippen molar-refractivity contribution >= 4 is 6.03 Å². The third-order valence-corrected chi connectivity index (χ3v) is 5.32. The molecule has 2 bridgehead atoms. The van der Waals surface area contributed by atoms with E-state index in [-0.39, 0.29) is 18.2 Å². The number of piperazine rings is 1. The van der Waals surface area contributed by atoms with E-state index in [2.05, 4.69) is 40.2 Å². The fourth-order valence-electron chi connectivity index (χ4n) is 3.90. The Morgan fingerprint density at radius 2 is 2.11 bits per heavy atom. The van der Waals surface area contributed by atoms with Gasteiger partial charge in [0.1, 0.15) is 6.61 Å². The van der Waals surface area contributed by atoms with Gasteiger partial charge in [-0.15, -0.1) is 0 Å². The summed E-state index contributed by atoms with van der Waals surface area (Å²) in [6.45, 7) is 2.73. The first-order valence-electron chi connectivity index (χ1n) is 9.02. The minimum Gasteiger partial charge on any atom is -0.484 e. The Bertz CT molecular complexity index is 912. The second-order valence-corrected chi connectivity index (χ2v) is 7.04. The highest BCUT2D eigenvalue weighted by Crippen LogP contribution is 2.34. The van der Waals surface area contributed by atoms with Crippen LogP contribution < -0.4 is 15.2 Å². The lowest BCUT2D eigenvalue weighted by molar-refractivity contribution is 0.0850. The first kappa shape index (κ1) is 16.1. The number of pyridine rings is 1. The van der Waals surface area contributed by atoms with Crippen molar-refractivity contribution in [2.24, 2.45) is 5.73 Å². The van der Waals surface area contributed by atoms with Gasteiger partial charge in [-0.05, 0) is 29.3 Å². The largest absolute Gasteiger partial charge is 0.484 e. The number of carbonyl (C=O) groups is 1. The van der Waals surface area contributed by atoms with E-state index >= 15 is 0 Å². The topological polar surface area (TPSA) is 80.9 Å². The van der Waals surface area contributed by atoms with Crippen molar-refractivity contribution in [3.8, 4) is 11.6 Å². The van der Waals surface area contributed by atoms with Crippen LogP contribution in [0.25, 0.3) is 0 Å². The maximum Gasteiger partial charge on any atom is 0.319 e. The molecule has 0 saturated heterocycles. The number of nitrogens with zero attached hydrogens (tertiary/aromatic N) is 3. The monoisotopic (exact) mass is 364 g/mol. The summed E-state index contributed by atoms with van der Waals surface area (Å²) in [5.41, 5.74) is 8.71. The van der Waals surface area contributed by atoms with E-state index in [4.69, 9.17) is 15.2 Å². The van der Waals surface area contributed by atoms with Gasteiger partial charge in [0, 0.05) is 37.6 Å². The van der Waals surface area contributed by atoms with E-state index in [1.807, 2.05) is 12.1 Å². The summed E-state index contributed by atoms with van der Waals surface area (Å²) in [6.07, 6.45) is 3.68. The molecule has 3 aliphatic rings. The second-order valence-electron chi connectivity index (χ2n) is 7.04. The van der Waals surface area contributed by atoms with Gasteiger partial charge in [-0.3, -0.25) is 9.80 Å². The number of urea groups is 1. The highest BCUT2D eigenvalue weighted by molar-refractivity contribution is 5.75. The Labute approximate surface area is 157 Å². The molecular formula is C20H20N4O3. The Hall–Kier alpha value is -3.06. The molecule has 1 aromatic carbocycles. The van der Waals surface area contributed by atoms with Gasteiger partial charge in [0.2, 0.25) is 0 Å². The van der Waals surface area contributed by atoms with Crippen LogP contribution in [0, 0.1) is 0 Å². The van der Waals surface area contributed by atoms with Crippen LogP contribution in [0.15, 0.2) is 54.4 Å². The van der Waals surface area contributed by atoms with Crippen LogP contribution in [0.3, 0.4) is 0 Å². The number of amides is 2. The summed E-state index contributed by atoms with van der Waals surface area (Å²) < 4.78 is 11.7. The van der Waals surface area contributed by atoms with Gasteiger partial charge in [-0.2, -0.15) is 0 Å². The molecule has 4 heterocycles. The molecule has 1 aromatic heterocycles. The Kier molecular flexibility index (Phi) is 3.75. The fourth-order valence-corrected chi connectivity index (χ4v) is 3.90. The number of rotatable bonds is 3. The predicted octanol–water partition coefficient (Wildman–Crippen LogP) is 2.06. The van der Waals surface area contributed by atoms with Crippen LogP contribution in [-0.4, -0.2) is 46.6 Å². The lowest BCUT2D eigenvalue weighted by atomic mass is 10.1. The van der Waals surface area contributed by atoms with Crippen molar-refractivity contribution in [1.29, 1.82) is 0 Å². The number of primary amides is 1. The van der Waals surface area contributed by atoms with Crippen LogP contribution in [-0.2, 0) is 6.54 Å². The number of nitrogens with two attached hydrogens (primary N) is 1. The summed E-state index contributed by atoms with van der Waals surface area (Å²) in [7, 11) is 0. The molecule has 7 heteroatoms. The zero-order valence-electron chi connectivity index (χ0n) is 14.7. The zero-order chi connectivity index (χ0) is 18.4. The van der Waals surface area contributed by atoms with Crippen LogP contribution in [0.4, 0.5) is 4.79 Å². The van der Waals surface area contributed by atoms with E-state index in [0.29, 0.717) is 24.8 Å². The Morgan fingerprint density at radius 3 is 2.85 bits per heavy atom. The smallest absolute Gasteiger partial charge is 0.319 e. The average molecular weight is 364 g/mol. The van der Waals surface area contributed by atoms with Crippen LogP contribution >= 0.6 is 0 Å². The van der Waals surface area contributed by atoms with Gasteiger partial charge in [-0.1, -0.05) is 24.3 Å². The van der Waals surface area contributed by atoms with Crippen molar-refractivity contribution in [3.63, 3.8) is 0 Å². The minimum atomic E-state index is -0.362. The maximum atomic E-state index is 11.4. The quantitative estimate of drug-likeness (QED) is 0.902. The minimum absolute atomic E-state index is 0.155. The number of carbonyl (C=O) groups excluding carboxylic acids is 1. The standard InChI is InChI=1S/C20H20N4O3/c21-20(25)24-11-15-8-16(24)10-23(15)9-13-3-5-14(6-4-13)18-12-26-17-2-1-7-22-19(17)27-18/h1-8,15,18H,9-12H2,(H2,21,25)/t15-,18+/m0/s1. The number of hydrogen-bond donors (Lipinski definition) is 1. The molecule has 3 aliphatic heterocycles. The van der Waals surface area contributed by atoms with E-state index in [0.717, 1.165) is 24.4 Å². The first-order valence-corrected chi connectivity index (χ1v) is 9.02. The van der Waals surface area contributed by atoms with Crippen molar-refractivity contribution in [2.75, 3.05) is 19.7 Å². The Morgan fingerprint density at radius 1 is 1.26 bits per heavy atom. The van der Waals surface area contributed by atoms with E-state index in [1.165, 1.54) is 5.56 Å². The zero-order valence-corrected chi connectivity index (χ0v) is 14.7. The number of aromatic nitrogens is 1. The number of hydrogen-bond acceptors (Lipinski definition) is 5. The Balaban J connectivity index is 1.23. The van der Waals surface area contributed by atoms with Gasteiger partial charge in [-0.25, -0.2) is 9.78 Å². The molecule has 0 spiro atoms. The van der Waals surface area contributed by atoms with Gasteiger partial charge in [0.15, 0.2) is 11.9 Å². The SMILES string of the molecule is NC(=O)N1C[C@@H]2C=C1CN2Cc1ccc([C@H]2COc3cccnc3O2)cc1. The number of fused-ring (bicyclic) bond motifs is 2. The fraction of sp³-hybridized carbons (Fsp3) is 0.300. The number of benzene rings is 1. The van der Waals surface area contributed by atoms with Crippen molar-refractivity contribution in [2.45, 2.75) is 18.7 Å². The summed E-state index contributed by atoms with van der Waals surface area (Å²) in [6, 6.07) is 12.0. The van der Waals surface area contributed by atoms with Crippen LogP contribution in [0.5, 0.6) is 11.6 Å². The molecule has 27 heavy (non-hydrogen) atoms. The molecule has 2 amide bonds. The molecule has 0 unspecified atom stereocenters. The third-order valence-electron chi connectivity index (χ3n) is 5.32. The van der Waals surface area contributed by atoms with Crippen LogP contribution in [0.2, 0.25) is 0 Å². The maximum absolute atomic E-state index is 11.4. The molecule has 0 saturated carbocycles. The van der Waals surface area contributed by atoms with Crippen molar-refractivity contribution < 1.29 is 14.3 Å². The van der Waals surface area contributed by atoms with E-state index in [9.17, 15) is 4.79 Å². The second kappa shape index (κ2) is 6.28. The number of ether oxygens (including phenoxy) is 2. The third kappa shape index (κ3) is 2.90. The highest BCUT2D eigenvalue weighted by Gasteiger charge is 2.37. The van der Waals surface area contributed by atoms with Gasteiger partial charge < -0.3 is 15.2 Å². The summed E-state index contributed by atoms with van der Waals surface area (Å²) in [4.78, 5) is 19.6. The molecule has 138 valence electrons. The molecule has 7 nitrogen and oxygen atoms in total. The van der Waals surface area contributed by atoms with Gasteiger partial charge in [0.25, 0.3) is 5.88 Å². The average Bonchev–Trinajstić information content (AvgIpc) is 3.29. The van der Waals surface area contributed by atoms with Crippen molar-refractivity contribution in [1.82, 2.24) is 14.8 Å². The molecule has 0 radical (unpaired) electrons. The lowest BCUT2D eigenvalue weighted by Crippen LogP contribution is -2.47. The van der Waals surface area contributed by atoms with Gasteiger partial charge >= 0.3 is 6.03 Å². The van der Waals surface area contributed by atoms with E-state index < -0.39 is 0 Å². The summed E-state index contributed by atoms with van der Waals surface area (Å²) >= 11 is 0. The van der Waals surface area contributed by atoms with Crippen LogP contribution in [0.1, 0.15) is 17.2 Å². The molecule has 5 rings (SSSR count). The van der Waals surface area contributed by atoms with Crippen molar-refractivity contribution in [3.05, 3.63) is 65.5 Å². The van der Waals surface area contributed by atoms with E-state index in [1.54, 1.807) is 11.1 Å². The molecule has 0 aliphatic carbocycles. The molecule has 2 N–H and O–H groups in total.